The largest absolute Gasteiger partial charge is 0.386 e. The Balaban J connectivity index is 2.20. The molecular formula is C11H14N2O2. The van der Waals surface area contributed by atoms with Crippen LogP contribution in [0, 0.1) is 6.92 Å². The molecular weight excluding hydrogens is 192 g/mol. The van der Waals surface area contributed by atoms with Gasteiger partial charge in [-0.05, 0) is 25.5 Å². The quantitative estimate of drug-likeness (QED) is 0.726. The molecule has 0 bridgehead atoms. The van der Waals surface area contributed by atoms with E-state index >= 15 is 0 Å². The Labute approximate surface area is 88.6 Å². The zero-order valence-corrected chi connectivity index (χ0v) is 8.90. The highest BCUT2D eigenvalue weighted by Gasteiger charge is 2.37. The topological polar surface area (TPSA) is 53.4 Å². The van der Waals surface area contributed by atoms with Crippen LogP contribution < -0.4 is 4.90 Å². The smallest absolute Gasteiger partial charge is 0.151 e. The highest BCUT2D eigenvalue weighted by atomic mass is 16.3. The maximum atomic E-state index is 10.5. The van der Waals surface area contributed by atoms with Crippen LogP contribution in [0.5, 0.6) is 0 Å². The molecule has 4 nitrogen and oxygen atoms in total. The van der Waals surface area contributed by atoms with E-state index in [0.29, 0.717) is 18.7 Å². The summed E-state index contributed by atoms with van der Waals surface area (Å²) in [5, 5.41) is 9.61. The number of aryl methyl sites for hydroxylation is 1. The van der Waals surface area contributed by atoms with E-state index in [1.165, 1.54) is 0 Å². The van der Waals surface area contributed by atoms with Gasteiger partial charge in [-0.15, -0.1) is 0 Å². The lowest BCUT2D eigenvalue weighted by Crippen LogP contribution is -2.60. The molecule has 1 aliphatic heterocycles. The lowest BCUT2D eigenvalue weighted by Gasteiger charge is -2.45. The Hall–Kier alpha value is -1.42. The van der Waals surface area contributed by atoms with E-state index < -0.39 is 5.60 Å². The number of aromatic nitrogens is 1. The summed E-state index contributed by atoms with van der Waals surface area (Å²) in [5.41, 5.74) is 0.955. The molecule has 1 fully saturated rings. The molecule has 0 atom stereocenters. The van der Waals surface area contributed by atoms with E-state index in [4.69, 9.17) is 0 Å². The summed E-state index contributed by atoms with van der Waals surface area (Å²) in [6.07, 6.45) is 2.35. The van der Waals surface area contributed by atoms with Gasteiger partial charge in [-0.2, -0.15) is 0 Å². The number of pyridine rings is 1. The summed E-state index contributed by atoms with van der Waals surface area (Å²) >= 11 is 0. The van der Waals surface area contributed by atoms with Crippen LogP contribution in [0.25, 0.3) is 0 Å². The van der Waals surface area contributed by atoms with Crippen molar-refractivity contribution < 1.29 is 9.90 Å². The SMILES string of the molecule is Cc1cc(C=O)cnc1N1CC(C)(O)C1. The van der Waals surface area contributed by atoms with Crippen molar-refractivity contribution in [2.75, 3.05) is 18.0 Å². The van der Waals surface area contributed by atoms with E-state index in [0.717, 1.165) is 17.7 Å². The van der Waals surface area contributed by atoms with Gasteiger partial charge in [0.25, 0.3) is 0 Å². The minimum Gasteiger partial charge on any atom is -0.386 e. The van der Waals surface area contributed by atoms with Gasteiger partial charge in [0.15, 0.2) is 6.29 Å². The predicted molar refractivity (Wildman–Crippen MR) is 57.2 cm³/mol. The van der Waals surface area contributed by atoms with Crippen molar-refractivity contribution >= 4 is 12.1 Å². The molecule has 2 rings (SSSR count). The van der Waals surface area contributed by atoms with Crippen LogP contribution in [0.2, 0.25) is 0 Å². The van der Waals surface area contributed by atoms with Gasteiger partial charge in [0.05, 0.1) is 5.60 Å². The zero-order chi connectivity index (χ0) is 11.1. The molecule has 0 aromatic carbocycles. The molecule has 1 aromatic rings. The van der Waals surface area contributed by atoms with E-state index in [1.54, 1.807) is 13.1 Å². The number of carbonyl (C=O) groups excluding carboxylic acids is 1. The summed E-state index contributed by atoms with van der Waals surface area (Å²) in [4.78, 5) is 16.8. The molecule has 1 N–H and O–H groups in total. The van der Waals surface area contributed by atoms with Crippen LogP contribution in [0.4, 0.5) is 5.82 Å². The summed E-state index contributed by atoms with van der Waals surface area (Å²) in [6.45, 7) is 4.92. The lowest BCUT2D eigenvalue weighted by molar-refractivity contribution is 0.0304. The third-order valence-corrected chi connectivity index (χ3v) is 2.57. The number of hydrogen-bond donors (Lipinski definition) is 1. The minimum absolute atomic E-state index is 0.587. The molecule has 1 aliphatic rings. The fraction of sp³-hybridized carbons (Fsp3) is 0.455. The summed E-state index contributed by atoms with van der Waals surface area (Å²) < 4.78 is 0. The number of aldehydes is 1. The first kappa shape index (κ1) is 10.1. The minimum atomic E-state index is -0.600. The van der Waals surface area contributed by atoms with Crippen LogP contribution in [-0.2, 0) is 0 Å². The molecule has 15 heavy (non-hydrogen) atoms. The van der Waals surface area contributed by atoms with Crippen molar-refractivity contribution in [3.05, 3.63) is 23.4 Å². The number of hydrogen-bond acceptors (Lipinski definition) is 4. The van der Waals surface area contributed by atoms with Crippen LogP contribution in [-0.4, -0.2) is 35.1 Å². The number of anilines is 1. The zero-order valence-electron chi connectivity index (χ0n) is 8.90. The number of aliphatic hydroxyl groups is 1. The first-order chi connectivity index (χ1) is 7.02. The van der Waals surface area contributed by atoms with Crippen molar-refractivity contribution in [3.63, 3.8) is 0 Å². The number of rotatable bonds is 2. The average molecular weight is 206 g/mol. The Kier molecular flexibility index (Phi) is 2.23. The molecule has 0 unspecified atom stereocenters. The average Bonchev–Trinajstić information content (AvgIpc) is 2.14. The fourth-order valence-electron chi connectivity index (χ4n) is 1.91. The summed E-state index contributed by atoms with van der Waals surface area (Å²) in [5.74, 6) is 0.854. The first-order valence-electron chi connectivity index (χ1n) is 4.91. The van der Waals surface area contributed by atoms with Crippen molar-refractivity contribution in [2.45, 2.75) is 19.4 Å². The second-order valence-electron chi connectivity index (χ2n) is 4.38. The molecule has 0 aliphatic carbocycles. The first-order valence-corrected chi connectivity index (χ1v) is 4.91. The molecule has 4 heteroatoms. The third-order valence-electron chi connectivity index (χ3n) is 2.57. The molecule has 80 valence electrons. The molecule has 0 spiro atoms. The third kappa shape index (κ3) is 1.85. The van der Waals surface area contributed by atoms with Crippen molar-refractivity contribution in [1.29, 1.82) is 0 Å². The number of β-amino-alcohol motifs (C(OH)–C–C–N with tert-alkyl or cyclic N) is 1. The van der Waals surface area contributed by atoms with Crippen LogP contribution in [0.3, 0.4) is 0 Å². The van der Waals surface area contributed by atoms with Crippen molar-refractivity contribution in [3.8, 4) is 0 Å². The van der Waals surface area contributed by atoms with Gasteiger partial charge in [-0.3, -0.25) is 4.79 Å². The second kappa shape index (κ2) is 3.31. The summed E-state index contributed by atoms with van der Waals surface area (Å²) in [6, 6.07) is 1.81. The molecule has 2 heterocycles. The Bertz CT molecular complexity index is 394. The molecule has 1 aromatic heterocycles. The van der Waals surface area contributed by atoms with Gasteiger partial charge in [0.2, 0.25) is 0 Å². The Morgan fingerprint density at radius 1 is 1.60 bits per heavy atom. The fourth-order valence-corrected chi connectivity index (χ4v) is 1.91. The Morgan fingerprint density at radius 2 is 2.27 bits per heavy atom. The highest BCUT2D eigenvalue weighted by molar-refractivity contribution is 5.75. The highest BCUT2D eigenvalue weighted by Crippen LogP contribution is 2.27. The van der Waals surface area contributed by atoms with Gasteiger partial charge in [-0.1, -0.05) is 0 Å². The van der Waals surface area contributed by atoms with Gasteiger partial charge in [0, 0.05) is 24.8 Å². The molecule has 1 saturated heterocycles. The van der Waals surface area contributed by atoms with E-state index in [2.05, 4.69) is 4.98 Å². The molecule has 0 saturated carbocycles. The maximum absolute atomic E-state index is 10.5. The standard InChI is InChI=1S/C11H14N2O2/c1-8-3-9(5-14)4-12-10(8)13-6-11(2,15)7-13/h3-5,15H,6-7H2,1-2H3. The molecule has 0 radical (unpaired) electrons. The second-order valence-corrected chi connectivity index (χ2v) is 4.38. The maximum Gasteiger partial charge on any atom is 0.151 e. The van der Waals surface area contributed by atoms with Crippen LogP contribution in [0.15, 0.2) is 12.3 Å². The van der Waals surface area contributed by atoms with Crippen LogP contribution >= 0.6 is 0 Å². The van der Waals surface area contributed by atoms with Gasteiger partial charge in [0.1, 0.15) is 5.82 Å². The van der Waals surface area contributed by atoms with E-state index in [-0.39, 0.29) is 0 Å². The van der Waals surface area contributed by atoms with E-state index in [1.807, 2.05) is 17.9 Å². The van der Waals surface area contributed by atoms with Crippen molar-refractivity contribution in [2.24, 2.45) is 0 Å². The monoisotopic (exact) mass is 206 g/mol. The molecule has 0 amide bonds. The normalized spacial score (nSPS) is 18.5. The van der Waals surface area contributed by atoms with Gasteiger partial charge >= 0.3 is 0 Å². The van der Waals surface area contributed by atoms with E-state index in [9.17, 15) is 9.90 Å². The predicted octanol–water partition coefficient (Wildman–Crippen LogP) is 0.774. The van der Waals surface area contributed by atoms with Gasteiger partial charge in [-0.25, -0.2) is 4.98 Å². The van der Waals surface area contributed by atoms with Crippen molar-refractivity contribution in [1.82, 2.24) is 4.98 Å². The lowest BCUT2D eigenvalue weighted by atomic mass is 9.96. The number of carbonyl (C=O) groups is 1. The Morgan fingerprint density at radius 3 is 2.73 bits per heavy atom. The van der Waals surface area contributed by atoms with Crippen LogP contribution in [0.1, 0.15) is 22.8 Å². The number of nitrogens with zero attached hydrogens (tertiary/aromatic N) is 2. The summed E-state index contributed by atoms with van der Waals surface area (Å²) in [7, 11) is 0. The van der Waals surface area contributed by atoms with Gasteiger partial charge < -0.3 is 10.0 Å².